The first-order valence-corrected chi connectivity index (χ1v) is 7.16. The second-order valence-electron chi connectivity index (χ2n) is 5.76. The molecule has 1 saturated carbocycles. The lowest BCUT2D eigenvalue weighted by atomic mass is 9.96. The monoisotopic (exact) mass is 280 g/mol. The number of nitrogens with one attached hydrogen (secondary N) is 1. The van der Waals surface area contributed by atoms with Gasteiger partial charge in [-0.3, -0.25) is 0 Å². The van der Waals surface area contributed by atoms with Gasteiger partial charge in [0, 0.05) is 6.54 Å². The Morgan fingerprint density at radius 1 is 1.10 bits per heavy atom. The highest BCUT2D eigenvalue weighted by atomic mass is 15.6. The van der Waals surface area contributed by atoms with Gasteiger partial charge in [-0.05, 0) is 52.8 Å². The molecule has 1 aliphatic carbocycles. The number of benzene rings is 1. The van der Waals surface area contributed by atoms with Crippen LogP contribution in [-0.2, 0) is 6.42 Å². The number of hydrogen-bond donors (Lipinski definition) is 1. The van der Waals surface area contributed by atoms with Gasteiger partial charge in [0.2, 0.25) is 0 Å². The lowest BCUT2D eigenvalue weighted by molar-refractivity contribution is 0.536. The van der Waals surface area contributed by atoms with Crippen molar-refractivity contribution in [1.29, 1.82) is 0 Å². The van der Waals surface area contributed by atoms with Crippen molar-refractivity contribution in [2.75, 3.05) is 11.9 Å². The van der Waals surface area contributed by atoms with Crippen molar-refractivity contribution in [2.24, 2.45) is 5.41 Å². The third kappa shape index (κ3) is 2.56. The Hall–Kier alpha value is -2.50. The van der Waals surface area contributed by atoms with E-state index in [9.17, 15) is 0 Å². The van der Waals surface area contributed by atoms with Gasteiger partial charge in [0.15, 0.2) is 5.65 Å². The number of fused-ring (bicyclic) bond motifs is 1. The molecule has 1 aliphatic rings. The Morgan fingerprint density at radius 2 is 1.95 bits per heavy atom. The Balaban J connectivity index is 1.44. The topological polar surface area (TPSA) is 68.0 Å². The summed E-state index contributed by atoms with van der Waals surface area (Å²) in [5.41, 5.74) is 2.44. The molecule has 21 heavy (non-hydrogen) atoms. The summed E-state index contributed by atoms with van der Waals surface area (Å²) in [5.74, 6) is 0.814. The predicted octanol–water partition coefficient (Wildman–Crippen LogP) is 1.95. The molecule has 0 radical (unpaired) electrons. The molecule has 0 saturated heterocycles. The summed E-state index contributed by atoms with van der Waals surface area (Å²) >= 11 is 0. The molecule has 3 aromatic rings. The van der Waals surface area contributed by atoms with Crippen molar-refractivity contribution in [3.63, 3.8) is 0 Å². The number of rotatable bonds is 5. The molecule has 0 bridgehead atoms. The summed E-state index contributed by atoms with van der Waals surface area (Å²) in [5, 5.41) is 19.0. The van der Waals surface area contributed by atoms with Gasteiger partial charge >= 0.3 is 0 Å². The molecule has 106 valence electrons. The van der Waals surface area contributed by atoms with E-state index >= 15 is 0 Å². The van der Waals surface area contributed by atoms with Crippen LogP contribution in [0.3, 0.4) is 0 Å². The molecule has 6 nitrogen and oxygen atoms in total. The van der Waals surface area contributed by atoms with Gasteiger partial charge in [-0.1, -0.05) is 30.3 Å². The largest absolute Gasteiger partial charge is 0.368 e. The number of aromatic nitrogens is 5. The zero-order valence-electron chi connectivity index (χ0n) is 11.6. The summed E-state index contributed by atoms with van der Waals surface area (Å²) < 4.78 is 1.44. The van der Waals surface area contributed by atoms with E-state index in [1.807, 2.05) is 12.1 Å². The van der Waals surface area contributed by atoms with Crippen molar-refractivity contribution in [2.45, 2.75) is 19.3 Å². The first-order chi connectivity index (χ1) is 10.3. The molecule has 0 amide bonds. The molecule has 0 unspecified atom stereocenters. The molecule has 2 heterocycles. The molecule has 0 spiro atoms. The van der Waals surface area contributed by atoms with E-state index in [1.165, 1.54) is 23.0 Å². The Bertz CT molecular complexity index is 747. The first kappa shape index (κ1) is 12.3. The molecule has 0 atom stereocenters. The molecule has 6 heteroatoms. The van der Waals surface area contributed by atoms with Crippen LogP contribution in [0.1, 0.15) is 18.4 Å². The summed E-state index contributed by atoms with van der Waals surface area (Å²) in [6.45, 7) is 0.933. The summed E-state index contributed by atoms with van der Waals surface area (Å²) in [4.78, 5) is 0. The van der Waals surface area contributed by atoms with Crippen molar-refractivity contribution in [1.82, 2.24) is 25.3 Å². The standard InChI is InChI=1S/C15H16N6/c1-2-4-12(5-3-1)10-15(8-9-15)11-16-13-6-7-14-17-19-20-21(14)18-13/h1-7H,8-11H2,(H,16,18). The number of hydrogen-bond acceptors (Lipinski definition) is 5. The van der Waals surface area contributed by atoms with Gasteiger partial charge in [0.25, 0.3) is 0 Å². The fourth-order valence-corrected chi connectivity index (χ4v) is 2.64. The molecular weight excluding hydrogens is 264 g/mol. The molecule has 1 fully saturated rings. The maximum Gasteiger partial charge on any atom is 0.200 e. The average Bonchev–Trinajstić information content (AvgIpc) is 3.11. The fourth-order valence-electron chi connectivity index (χ4n) is 2.64. The van der Waals surface area contributed by atoms with Crippen LogP contribution in [0.15, 0.2) is 42.5 Å². The molecule has 2 aromatic heterocycles. The zero-order valence-corrected chi connectivity index (χ0v) is 11.6. The lowest BCUT2D eigenvalue weighted by Gasteiger charge is -2.16. The van der Waals surface area contributed by atoms with Crippen molar-refractivity contribution in [3.8, 4) is 0 Å². The average molecular weight is 280 g/mol. The maximum absolute atomic E-state index is 4.34. The van der Waals surface area contributed by atoms with E-state index in [0.717, 1.165) is 18.8 Å². The van der Waals surface area contributed by atoms with Crippen LogP contribution in [-0.4, -0.2) is 31.8 Å². The van der Waals surface area contributed by atoms with Crippen molar-refractivity contribution in [3.05, 3.63) is 48.0 Å². The van der Waals surface area contributed by atoms with Crippen LogP contribution in [0.5, 0.6) is 0 Å². The third-order valence-corrected chi connectivity index (χ3v) is 4.09. The van der Waals surface area contributed by atoms with Crippen molar-refractivity contribution < 1.29 is 0 Å². The molecular formula is C15H16N6. The van der Waals surface area contributed by atoms with E-state index in [2.05, 4.69) is 56.3 Å². The second kappa shape index (κ2) is 4.80. The zero-order chi connectivity index (χ0) is 14.1. The Labute approximate surface area is 122 Å². The van der Waals surface area contributed by atoms with Crippen LogP contribution in [0.25, 0.3) is 5.65 Å². The fraction of sp³-hybridized carbons (Fsp3) is 0.333. The van der Waals surface area contributed by atoms with Gasteiger partial charge in [0.1, 0.15) is 5.82 Å². The van der Waals surface area contributed by atoms with E-state index in [0.29, 0.717) is 11.1 Å². The minimum Gasteiger partial charge on any atom is -0.368 e. The normalized spacial score (nSPS) is 16.0. The highest BCUT2D eigenvalue weighted by molar-refractivity contribution is 5.42. The Kier molecular flexibility index (Phi) is 2.80. The highest BCUT2D eigenvalue weighted by Crippen LogP contribution is 2.48. The van der Waals surface area contributed by atoms with Crippen LogP contribution in [0.2, 0.25) is 0 Å². The van der Waals surface area contributed by atoms with E-state index in [4.69, 9.17) is 0 Å². The van der Waals surface area contributed by atoms with Crippen LogP contribution < -0.4 is 5.32 Å². The van der Waals surface area contributed by atoms with Crippen LogP contribution in [0.4, 0.5) is 5.82 Å². The number of tetrazole rings is 1. The predicted molar refractivity (Wildman–Crippen MR) is 78.9 cm³/mol. The SMILES string of the molecule is c1ccc(CC2(CNc3ccc4nnnn4n3)CC2)cc1. The van der Waals surface area contributed by atoms with E-state index < -0.39 is 0 Å². The number of anilines is 1. The summed E-state index contributed by atoms with van der Waals surface area (Å²) in [6.07, 6.45) is 3.65. The lowest BCUT2D eigenvalue weighted by Crippen LogP contribution is -2.19. The maximum atomic E-state index is 4.34. The van der Waals surface area contributed by atoms with Gasteiger partial charge in [0.05, 0.1) is 0 Å². The third-order valence-electron chi connectivity index (χ3n) is 4.09. The van der Waals surface area contributed by atoms with Crippen LogP contribution >= 0.6 is 0 Å². The smallest absolute Gasteiger partial charge is 0.200 e. The Morgan fingerprint density at radius 3 is 2.76 bits per heavy atom. The minimum atomic E-state index is 0.374. The second-order valence-corrected chi connectivity index (χ2v) is 5.76. The quantitative estimate of drug-likeness (QED) is 0.773. The minimum absolute atomic E-state index is 0.374. The van der Waals surface area contributed by atoms with E-state index in [1.54, 1.807) is 0 Å². The first-order valence-electron chi connectivity index (χ1n) is 7.16. The molecule has 1 N–H and O–H groups in total. The van der Waals surface area contributed by atoms with Gasteiger partial charge < -0.3 is 5.32 Å². The van der Waals surface area contributed by atoms with Gasteiger partial charge in [-0.25, -0.2) is 0 Å². The summed E-state index contributed by atoms with van der Waals surface area (Å²) in [7, 11) is 0. The summed E-state index contributed by atoms with van der Waals surface area (Å²) in [6, 6.07) is 14.5. The highest BCUT2D eigenvalue weighted by Gasteiger charge is 2.42. The van der Waals surface area contributed by atoms with Gasteiger partial charge in [-0.15, -0.1) is 14.8 Å². The van der Waals surface area contributed by atoms with Crippen molar-refractivity contribution >= 4 is 11.5 Å². The van der Waals surface area contributed by atoms with Gasteiger partial charge in [-0.2, -0.15) is 0 Å². The van der Waals surface area contributed by atoms with Crippen LogP contribution in [0, 0.1) is 5.41 Å². The molecule has 4 rings (SSSR count). The number of nitrogens with zero attached hydrogens (tertiary/aromatic N) is 5. The molecule has 0 aliphatic heterocycles. The molecule has 1 aromatic carbocycles. The van der Waals surface area contributed by atoms with E-state index in [-0.39, 0.29) is 0 Å².